The van der Waals surface area contributed by atoms with E-state index in [0.29, 0.717) is 0 Å². The van der Waals surface area contributed by atoms with Gasteiger partial charge in [-0.1, -0.05) is 15.9 Å². The standard InChI is InChI=1S/C10H14BrNO2/c1-12-6-8-9(13-2)4-7(11)5-10(8)14-3/h4-5,12H,6H2,1-3H3. The van der Waals surface area contributed by atoms with Crippen molar-refractivity contribution in [1.29, 1.82) is 0 Å². The highest BCUT2D eigenvalue weighted by Gasteiger charge is 2.10. The summed E-state index contributed by atoms with van der Waals surface area (Å²) in [6.07, 6.45) is 0. The van der Waals surface area contributed by atoms with Crippen LogP contribution in [0.3, 0.4) is 0 Å². The van der Waals surface area contributed by atoms with Gasteiger partial charge in [0.05, 0.1) is 14.2 Å². The molecule has 1 aromatic rings. The van der Waals surface area contributed by atoms with Crippen LogP contribution < -0.4 is 14.8 Å². The first-order valence-electron chi connectivity index (χ1n) is 4.28. The number of hydrogen-bond acceptors (Lipinski definition) is 3. The van der Waals surface area contributed by atoms with E-state index in [2.05, 4.69) is 21.2 Å². The summed E-state index contributed by atoms with van der Waals surface area (Å²) in [5.74, 6) is 1.65. The Bertz CT molecular complexity index is 290. The van der Waals surface area contributed by atoms with E-state index in [0.717, 1.165) is 28.1 Å². The Labute approximate surface area is 92.5 Å². The molecule has 0 radical (unpaired) electrons. The Morgan fingerprint density at radius 2 is 1.71 bits per heavy atom. The van der Waals surface area contributed by atoms with Gasteiger partial charge in [-0.2, -0.15) is 0 Å². The molecule has 1 rings (SSSR count). The zero-order chi connectivity index (χ0) is 10.6. The van der Waals surface area contributed by atoms with Gasteiger partial charge in [0.15, 0.2) is 0 Å². The van der Waals surface area contributed by atoms with Crippen molar-refractivity contribution in [2.24, 2.45) is 0 Å². The molecule has 0 aromatic heterocycles. The molecule has 0 fully saturated rings. The Morgan fingerprint density at radius 3 is 2.07 bits per heavy atom. The van der Waals surface area contributed by atoms with Gasteiger partial charge in [-0.3, -0.25) is 0 Å². The molecule has 0 amide bonds. The molecule has 3 nitrogen and oxygen atoms in total. The number of methoxy groups -OCH3 is 2. The summed E-state index contributed by atoms with van der Waals surface area (Å²) in [6.45, 7) is 0.722. The average Bonchev–Trinajstić information content (AvgIpc) is 2.20. The van der Waals surface area contributed by atoms with Crippen LogP contribution >= 0.6 is 15.9 Å². The summed E-state index contributed by atoms with van der Waals surface area (Å²) in [4.78, 5) is 0. The monoisotopic (exact) mass is 259 g/mol. The second-order valence-corrected chi connectivity index (χ2v) is 3.73. The van der Waals surface area contributed by atoms with Gasteiger partial charge in [0.2, 0.25) is 0 Å². The molecular formula is C10H14BrNO2. The smallest absolute Gasteiger partial charge is 0.128 e. The zero-order valence-electron chi connectivity index (χ0n) is 8.56. The van der Waals surface area contributed by atoms with E-state index in [1.807, 2.05) is 19.2 Å². The van der Waals surface area contributed by atoms with Gasteiger partial charge in [0, 0.05) is 16.6 Å². The molecule has 78 valence electrons. The van der Waals surface area contributed by atoms with Crippen LogP contribution in [-0.2, 0) is 6.54 Å². The summed E-state index contributed by atoms with van der Waals surface area (Å²) in [6, 6.07) is 3.85. The first kappa shape index (κ1) is 11.3. The maximum atomic E-state index is 5.27. The number of nitrogens with one attached hydrogen (secondary N) is 1. The maximum absolute atomic E-state index is 5.27. The average molecular weight is 260 g/mol. The molecule has 0 aliphatic carbocycles. The molecular weight excluding hydrogens is 246 g/mol. The van der Waals surface area contributed by atoms with Crippen molar-refractivity contribution in [3.05, 3.63) is 22.2 Å². The maximum Gasteiger partial charge on any atom is 0.128 e. The Hall–Kier alpha value is -0.740. The minimum Gasteiger partial charge on any atom is -0.496 e. The highest BCUT2D eigenvalue weighted by atomic mass is 79.9. The zero-order valence-corrected chi connectivity index (χ0v) is 10.1. The number of benzene rings is 1. The van der Waals surface area contributed by atoms with E-state index in [1.165, 1.54) is 0 Å². The molecule has 4 heteroatoms. The SMILES string of the molecule is CNCc1c(OC)cc(Br)cc1OC. The van der Waals surface area contributed by atoms with Gasteiger partial charge in [-0.05, 0) is 19.2 Å². The lowest BCUT2D eigenvalue weighted by Gasteiger charge is -2.13. The summed E-state index contributed by atoms with van der Waals surface area (Å²) >= 11 is 3.40. The fourth-order valence-corrected chi connectivity index (χ4v) is 1.72. The third kappa shape index (κ3) is 2.39. The van der Waals surface area contributed by atoms with E-state index in [4.69, 9.17) is 9.47 Å². The molecule has 0 saturated carbocycles. The molecule has 1 N–H and O–H groups in total. The Kier molecular flexibility index (Phi) is 4.22. The molecule has 0 unspecified atom stereocenters. The van der Waals surface area contributed by atoms with Gasteiger partial charge < -0.3 is 14.8 Å². The quantitative estimate of drug-likeness (QED) is 0.900. The Morgan fingerprint density at radius 1 is 1.21 bits per heavy atom. The predicted octanol–water partition coefficient (Wildman–Crippen LogP) is 2.19. The number of rotatable bonds is 4. The van der Waals surface area contributed by atoms with Crippen LogP contribution in [0.15, 0.2) is 16.6 Å². The molecule has 0 spiro atoms. The van der Waals surface area contributed by atoms with Crippen LogP contribution in [0, 0.1) is 0 Å². The fourth-order valence-electron chi connectivity index (χ4n) is 1.30. The topological polar surface area (TPSA) is 30.5 Å². The largest absolute Gasteiger partial charge is 0.496 e. The van der Waals surface area contributed by atoms with Crippen LogP contribution in [0.4, 0.5) is 0 Å². The fraction of sp³-hybridized carbons (Fsp3) is 0.400. The summed E-state index contributed by atoms with van der Waals surface area (Å²) in [5, 5.41) is 3.08. The molecule has 0 saturated heterocycles. The lowest BCUT2D eigenvalue weighted by atomic mass is 10.1. The van der Waals surface area contributed by atoms with Crippen molar-refractivity contribution in [3.63, 3.8) is 0 Å². The van der Waals surface area contributed by atoms with Gasteiger partial charge in [0.1, 0.15) is 11.5 Å². The molecule has 0 heterocycles. The summed E-state index contributed by atoms with van der Waals surface area (Å²) in [7, 11) is 5.20. The van der Waals surface area contributed by atoms with E-state index in [1.54, 1.807) is 14.2 Å². The van der Waals surface area contributed by atoms with Crippen molar-refractivity contribution in [2.45, 2.75) is 6.54 Å². The van der Waals surface area contributed by atoms with E-state index >= 15 is 0 Å². The Balaban J connectivity index is 3.18. The molecule has 0 aliphatic rings. The first-order chi connectivity index (χ1) is 6.72. The van der Waals surface area contributed by atoms with Crippen molar-refractivity contribution < 1.29 is 9.47 Å². The van der Waals surface area contributed by atoms with Crippen molar-refractivity contribution in [1.82, 2.24) is 5.32 Å². The van der Waals surface area contributed by atoms with Crippen molar-refractivity contribution >= 4 is 15.9 Å². The van der Waals surface area contributed by atoms with E-state index in [-0.39, 0.29) is 0 Å². The lowest BCUT2D eigenvalue weighted by molar-refractivity contribution is 0.383. The number of halogens is 1. The second kappa shape index (κ2) is 5.22. The van der Waals surface area contributed by atoms with Gasteiger partial charge in [-0.15, -0.1) is 0 Å². The third-order valence-electron chi connectivity index (χ3n) is 1.93. The normalized spacial score (nSPS) is 10.0. The minimum absolute atomic E-state index is 0.722. The van der Waals surface area contributed by atoms with Gasteiger partial charge in [-0.25, -0.2) is 0 Å². The molecule has 0 atom stereocenters. The van der Waals surface area contributed by atoms with E-state index < -0.39 is 0 Å². The molecule has 0 bridgehead atoms. The minimum atomic E-state index is 0.722. The van der Waals surface area contributed by atoms with Crippen molar-refractivity contribution in [2.75, 3.05) is 21.3 Å². The van der Waals surface area contributed by atoms with Gasteiger partial charge in [0.25, 0.3) is 0 Å². The first-order valence-corrected chi connectivity index (χ1v) is 5.07. The number of hydrogen-bond donors (Lipinski definition) is 1. The van der Waals surface area contributed by atoms with Crippen LogP contribution in [0.1, 0.15) is 5.56 Å². The molecule has 1 aromatic carbocycles. The van der Waals surface area contributed by atoms with Crippen LogP contribution in [-0.4, -0.2) is 21.3 Å². The highest BCUT2D eigenvalue weighted by molar-refractivity contribution is 9.10. The molecule has 0 aliphatic heterocycles. The summed E-state index contributed by atoms with van der Waals surface area (Å²) < 4.78 is 11.5. The number of ether oxygens (including phenoxy) is 2. The van der Waals surface area contributed by atoms with E-state index in [9.17, 15) is 0 Å². The van der Waals surface area contributed by atoms with Gasteiger partial charge >= 0.3 is 0 Å². The lowest BCUT2D eigenvalue weighted by Crippen LogP contribution is -2.08. The van der Waals surface area contributed by atoms with Crippen molar-refractivity contribution in [3.8, 4) is 11.5 Å². The predicted molar refractivity (Wildman–Crippen MR) is 60.0 cm³/mol. The van der Waals surface area contributed by atoms with Crippen LogP contribution in [0.5, 0.6) is 11.5 Å². The second-order valence-electron chi connectivity index (χ2n) is 2.82. The third-order valence-corrected chi connectivity index (χ3v) is 2.38. The van der Waals surface area contributed by atoms with Crippen LogP contribution in [0.2, 0.25) is 0 Å². The summed E-state index contributed by atoms with van der Waals surface area (Å²) in [5.41, 5.74) is 1.03. The van der Waals surface area contributed by atoms with Crippen LogP contribution in [0.25, 0.3) is 0 Å². The highest BCUT2D eigenvalue weighted by Crippen LogP contribution is 2.32. The molecule has 14 heavy (non-hydrogen) atoms.